The largest absolute Gasteiger partial charge is 0.385 e. The van der Waals surface area contributed by atoms with Gasteiger partial charge in [-0.1, -0.05) is 87.0 Å². The van der Waals surface area contributed by atoms with Gasteiger partial charge in [0.05, 0.1) is 6.04 Å². The summed E-state index contributed by atoms with van der Waals surface area (Å²) in [5.41, 5.74) is 6.33. The molecule has 0 spiro atoms. The molecule has 4 heteroatoms. The Bertz CT molecular complexity index is 1060. The Morgan fingerprint density at radius 3 is 2.00 bits per heavy atom. The molecule has 4 rings (SSSR count). The average molecular weight is 486 g/mol. The van der Waals surface area contributed by atoms with Gasteiger partial charge in [0.15, 0.2) is 0 Å². The minimum atomic E-state index is -0.186. The molecule has 1 aliphatic heterocycles. The number of piperazine rings is 1. The van der Waals surface area contributed by atoms with Crippen LogP contribution in [0.1, 0.15) is 49.1 Å². The fourth-order valence-corrected chi connectivity index (χ4v) is 4.63. The fourth-order valence-electron chi connectivity index (χ4n) is 4.63. The van der Waals surface area contributed by atoms with Crippen molar-refractivity contribution in [3.8, 4) is 0 Å². The first-order chi connectivity index (χ1) is 17.3. The van der Waals surface area contributed by atoms with Crippen molar-refractivity contribution in [3.05, 3.63) is 107 Å². The molecule has 1 saturated heterocycles. The summed E-state index contributed by atoms with van der Waals surface area (Å²) in [6, 6.07) is 24.6. The monoisotopic (exact) mass is 485 g/mol. The van der Waals surface area contributed by atoms with Gasteiger partial charge in [0.25, 0.3) is 0 Å². The smallest absolute Gasteiger partial charge is 0.123 e. The van der Waals surface area contributed by atoms with Gasteiger partial charge in [0.2, 0.25) is 0 Å². The third kappa shape index (κ3) is 7.52. The van der Waals surface area contributed by atoms with Crippen LogP contribution in [0.25, 0.3) is 6.08 Å². The first kappa shape index (κ1) is 26.1. The summed E-state index contributed by atoms with van der Waals surface area (Å²) < 4.78 is 13.6. The Morgan fingerprint density at radius 2 is 1.42 bits per heavy atom. The average Bonchev–Trinajstić information content (AvgIpc) is 2.86. The maximum absolute atomic E-state index is 13.6. The van der Waals surface area contributed by atoms with Crippen LogP contribution in [0.4, 0.5) is 10.1 Å². The summed E-state index contributed by atoms with van der Waals surface area (Å²) >= 11 is 0. The summed E-state index contributed by atoms with van der Waals surface area (Å²) in [6.07, 6.45) is 4.48. The second-order valence-electron chi connectivity index (χ2n) is 11.1. The summed E-state index contributed by atoms with van der Waals surface area (Å²) in [4.78, 5) is 5.03. The molecule has 0 bridgehead atoms. The van der Waals surface area contributed by atoms with E-state index < -0.39 is 0 Å². The molecule has 36 heavy (non-hydrogen) atoms. The topological polar surface area (TPSA) is 18.5 Å². The zero-order valence-electron chi connectivity index (χ0n) is 22.2. The van der Waals surface area contributed by atoms with Crippen molar-refractivity contribution in [2.24, 2.45) is 5.41 Å². The lowest BCUT2D eigenvalue weighted by Crippen LogP contribution is -2.47. The molecule has 1 atom stereocenters. The second kappa shape index (κ2) is 11.9. The Balaban J connectivity index is 1.33. The van der Waals surface area contributed by atoms with E-state index in [2.05, 4.69) is 103 Å². The van der Waals surface area contributed by atoms with E-state index >= 15 is 0 Å². The Labute approximate surface area is 216 Å². The zero-order chi connectivity index (χ0) is 25.5. The maximum Gasteiger partial charge on any atom is 0.123 e. The minimum Gasteiger partial charge on any atom is -0.385 e. The van der Waals surface area contributed by atoms with E-state index in [1.807, 2.05) is 12.1 Å². The first-order valence-electron chi connectivity index (χ1n) is 13.1. The summed E-state index contributed by atoms with van der Waals surface area (Å²) in [6.45, 7) is 14.7. The molecule has 3 aromatic rings. The highest BCUT2D eigenvalue weighted by Crippen LogP contribution is 2.30. The lowest BCUT2D eigenvalue weighted by molar-refractivity contribution is 0.118. The van der Waals surface area contributed by atoms with E-state index in [4.69, 9.17) is 0 Å². The van der Waals surface area contributed by atoms with E-state index in [0.717, 1.165) is 44.8 Å². The Morgan fingerprint density at radius 1 is 0.833 bits per heavy atom. The van der Waals surface area contributed by atoms with Gasteiger partial charge in [-0.25, -0.2) is 4.39 Å². The van der Waals surface area contributed by atoms with Crippen LogP contribution in [0.5, 0.6) is 0 Å². The second-order valence-corrected chi connectivity index (χ2v) is 11.1. The van der Waals surface area contributed by atoms with Crippen molar-refractivity contribution >= 4 is 11.8 Å². The van der Waals surface area contributed by atoms with E-state index in [9.17, 15) is 4.39 Å². The van der Waals surface area contributed by atoms with E-state index in [0.29, 0.717) is 0 Å². The summed E-state index contributed by atoms with van der Waals surface area (Å²) in [5, 5.41) is 3.51. The molecule has 1 fully saturated rings. The highest BCUT2D eigenvalue weighted by molar-refractivity contribution is 5.55. The van der Waals surface area contributed by atoms with Gasteiger partial charge in [-0.2, -0.15) is 0 Å². The lowest BCUT2D eigenvalue weighted by Gasteiger charge is -2.39. The Kier molecular flexibility index (Phi) is 8.60. The van der Waals surface area contributed by atoms with Crippen LogP contribution >= 0.6 is 0 Å². The number of halogens is 1. The predicted octanol–water partition coefficient (Wildman–Crippen LogP) is 7.01. The van der Waals surface area contributed by atoms with Crippen molar-refractivity contribution in [1.29, 1.82) is 0 Å². The normalized spacial score (nSPS) is 16.4. The minimum absolute atomic E-state index is 0.147. The zero-order valence-corrected chi connectivity index (χ0v) is 22.2. The summed E-state index contributed by atoms with van der Waals surface area (Å²) in [7, 11) is 0. The summed E-state index contributed by atoms with van der Waals surface area (Å²) in [5.74, 6) is -0.186. The van der Waals surface area contributed by atoms with Crippen molar-refractivity contribution < 1.29 is 4.39 Å². The molecule has 0 radical (unpaired) electrons. The molecular weight excluding hydrogens is 445 g/mol. The van der Waals surface area contributed by atoms with E-state index in [-0.39, 0.29) is 17.3 Å². The molecule has 1 N–H and O–H groups in total. The van der Waals surface area contributed by atoms with Crippen LogP contribution in [0, 0.1) is 18.2 Å². The SMILES string of the molecule is Cc1ccc(C(c2ccc(F)cc2)N2CCN(C/C=C/c3ccc(NCC(C)(C)C)cc3)CC2)cc1. The number of anilines is 1. The predicted molar refractivity (Wildman–Crippen MR) is 151 cm³/mol. The molecule has 190 valence electrons. The molecule has 0 aliphatic carbocycles. The van der Waals surface area contributed by atoms with Gasteiger partial charge in [0.1, 0.15) is 5.82 Å². The molecule has 0 saturated carbocycles. The fraction of sp³-hybridized carbons (Fsp3) is 0.375. The standard InChI is InChI=1S/C32H40FN3/c1-25-7-11-27(12-8-25)31(28-13-15-29(33)16-14-28)36-22-20-35(21-23-36)19-5-6-26-9-17-30(18-10-26)34-24-32(2,3)4/h5-18,31,34H,19-24H2,1-4H3/b6-5+. The number of aryl methyl sites for hydroxylation is 1. The van der Waals surface area contributed by atoms with Crippen LogP contribution < -0.4 is 5.32 Å². The number of nitrogens with zero attached hydrogens (tertiary/aromatic N) is 2. The maximum atomic E-state index is 13.6. The van der Waals surface area contributed by atoms with Crippen LogP contribution in [0.15, 0.2) is 78.9 Å². The van der Waals surface area contributed by atoms with Gasteiger partial charge in [0, 0.05) is 45.0 Å². The van der Waals surface area contributed by atoms with E-state index in [1.165, 1.54) is 22.4 Å². The van der Waals surface area contributed by atoms with Gasteiger partial charge in [-0.15, -0.1) is 0 Å². The van der Waals surface area contributed by atoms with Crippen LogP contribution in [-0.2, 0) is 0 Å². The number of nitrogens with one attached hydrogen (secondary N) is 1. The molecule has 0 aromatic heterocycles. The highest BCUT2D eigenvalue weighted by atomic mass is 19.1. The van der Waals surface area contributed by atoms with Crippen molar-refractivity contribution in [3.63, 3.8) is 0 Å². The lowest BCUT2D eigenvalue weighted by atomic mass is 9.95. The number of rotatable bonds is 8. The van der Waals surface area contributed by atoms with E-state index in [1.54, 1.807) is 12.1 Å². The molecule has 1 unspecified atom stereocenters. The third-order valence-electron chi connectivity index (χ3n) is 6.76. The molecule has 1 aliphatic rings. The molecule has 3 aromatic carbocycles. The van der Waals surface area contributed by atoms with Crippen molar-refractivity contribution in [2.45, 2.75) is 33.7 Å². The van der Waals surface area contributed by atoms with Gasteiger partial charge >= 0.3 is 0 Å². The van der Waals surface area contributed by atoms with Gasteiger partial charge in [-0.3, -0.25) is 9.80 Å². The molecule has 0 amide bonds. The highest BCUT2D eigenvalue weighted by Gasteiger charge is 2.26. The van der Waals surface area contributed by atoms with Gasteiger partial charge in [-0.05, 0) is 53.3 Å². The number of hydrogen-bond donors (Lipinski definition) is 1. The molecule has 1 heterocycles. The first-order valence-corrected chi connectivity index (χ1v) is 13.1. The van der Waals surface area contributed by atoms with Crippen molar-refractivity contribution in [1.82, 2.24) is 9.80 Å². The number of benzene rings is 3. The van der Waals surface area contributed by atoms with Gasteiger partial charge < -0.3 is 5.32 Å². The Hall–Kier alpha value is -2.95. The number of hydrogen-bond acceptors (Lipinski definition) is 3. The van der Waals surface area contributed by atoms with Crippen LogP contribution in [0.2, 0.25) is 0 Å². The molecular formula is C32H40FN3. The van der Waals surface area contributed by atoms with Crippen LogP contribution in [-0.4, -0.2) is 49.1 Å². The quantitative estimate of drug-likeness (QED) is 0.370. The third-order valence-corrected chi connectivity index (χ3v) is 6.76. The van der Waals surface area contributed by atoms with Crippen molar-refractivity contribution in [2.75, 3.05) is 44.6 Å². The molecule has 3 nitrogen and oxygen atoms in total. The van der Waals surface area contributed by atoms with Crippen LogP contribution in [0.3, 0.4) is 0 Å².